The number of nitrogens with two attached hydrogens (primary N) is 1. The summed E-state index contributed by atoms with van der Waals surface area (Å²) in [5, 5.41) is 0. The fourth-order valence-electron chi connectivity index (χ4n) is 2.52. The lowest BCUT2D eigenvalue weighted by atomic mass is 9.84. The first-order chi connectivity index (χ1) is 7.65. The van der Waals surface area contributed by atoms with Crippen LogP contribution in [-0.2, 0) is 0 Å². The maximum Gasteiger partial charge on any atom is 0.00793 e. The molecule has 0 aliphatic heterocycles. The van der Waals surface area contributed by atoms with Crippen LogP contribution in [0.1, 0.15) is 39.0 Å². The minimum atomic E-state index is 0.448. The smallest absolute Gasteiger partial charge is 0.00793 e. The largest absolute Gasteiger partial charge is 0.327 e. The average molecular weight is 244 g/mol. The van der Waals surface area contributed by atoms with Crippen molar-refractivity contribution in [3.63, 3.8) is 0 Å². The quantitative estimate of drug-likeness (QED) is 0.779. The van der Waals surface area contributed by atoms with Gasteiger partial charge in [-0.15, -0.1) is 0 Å². The van der Waals surface area contributed by atoms with Crippen LogP contribution in [0.25, 0.3) is 0 Å². The van der Waals surface area contributed by atoms with E-state index in [0.717, 1.165) is 5.92 Å². The Labute approximate surface area is 105 Å². The summed E-state index contributed by atoms with van der Waals surface area (Å²) in [5.74, 6) is 2.00. The molecule has 1 aliphatic carbocycles. The van der Waals surface area contributed by atoms with E-state index in [2.05, 4.69) is 25.1 Å². The van der Waals surface area contributed by atoms with Gasteiger partial charge >= 0.3 is 0 Å². The lowest BCUT2D eigenvalue weighted by molar-refractivity contribution is 0.173. The molecule has 0 saturated heterocycles. The van der Waals surface area contributed by atoms with E-state index in [4.69, 9.17) is 5.73 Å². The van der Waals surface area contributed by atoms with Gasteiger partial charge in [0.15, 0.2) is 0 Å². The molecule has 3 unspecified atom stereocenters. The van der Waals surface area contributed by atoms with Crippen molar-refractivity contribution in [2.75, 3.05) is 25.6 Å². The molecule has 3 atom stereocenters. The summed E-state index contributed by atoms with van der Waals surface area (Å²) < 4.78 is 0. The van der Waals surface area contributed by atoms with Crippen molar-refractivity contribution in [2.24, 2.45) is 11.7 Å². The van der Waals surface area contributed by atoms with Crippen LogP contribution in [-0.4, -0.2) is 42.6 Å². The van der Waals surface area contributed by atoms with Crippen LogP contribution < -0.4 is 5.73 Å². The maximum atomic E-state index is 6.20. The lowest BCUT2D eigenvalue weighted by Gasteiger charge is -2.34. The molecule has 0 heterocycles. The first-order valence-corrected chi connectivity index (χ1v) is 7.99. The van der Waals surface area contributed by atoms with Crippen LogP contribution in [0, 0.1) is 5.92 Å². The van der Waals surface area contributed by atoms with Crippen LogP contribution in [0.2, 0.25) is 0 Å². The van der Waals surface area contributed by atoms with Gasteiger partial charge in [-0.1, -0.05) is 12.8 Å². The van der Waals surface area contributed by atoms with Gasteiger partial charge < -0.3 is 10.6 Å². The SMILES string of the molecule is CSCCC(C)N(C)CC1CCCCC1N. The van der Waals surface area contributed by atoms with Gasteiger partial charge in [-0.05, 0) is 51.2 Å². The fourth-order valence-corrected chi connectivity index (χ4v) is 3.10. The summed E-state index contributed by atoms with van der Waals surface area (Å²) in [5.41, 5.74) is 6.20. The molecule has 0 aromatic heterocycles. The topological polar surface area (TPSA) is 29.3 Å². The number of rotatable bonds is 6. The van der Waals surface area contributed by atoms with Gasteiger partial charge in [0.1, 0.15) is 0 Å². The Kier molecular flexibility index (Phi) is 6.78. The van der Waals surface area contributed by atoms with Gasteiger partial charge in [0, 0.05) is 18.6 Å². The van der Waals surface area contributed by atoms with Gasteiger partial charge in [0.25, 0.3) is 0 Å². The molecule has 0 aromatic carbocycles. The molecular formula is C13H28N2S. The third kappa shape index (κ3) is 4.64. The van der Waals surface area contributed by atoms with Crippen LogP contribution in [0.15, 0.2) is 0 Å². The second-order valence-corrected chi connectivity index (χ2v) is 6.26. The number of hydrogen-bond acceptors (Lipinski definition) is 3. The van der Waals surface area contributed by atoms with Gasteiger partial charge in [-0.25, -0.2) is 0 Å². The first kappa shape index (κ1) is 14.3. The van der Waals surface area contributed by atoms with Crippen molar-refractivity contribution in [1.29, 1.82) is 0 Å². The van der Waals surface area contributed by atoms with E-state index in [0.29, 0.717) is 12.1 Å². The molecule has 0 spiro atoms. The Morgan fingerprint density at radius 2 is 2.06 bits per heavy atom. The third-order valence-corrected chi connectivity index (χ3v) is 4.63. The number of thioether (sulfide) groups is 1. The predicted octanol–water partition coefficient (Wildman–Crippen LogP) is 2.58. The Balaban J connectivity index is 2.28. The molecule has 2 nitrogen and oxygen atoms in total. The van der Waals surface area contributed by atoms with Crippen molar-refractivity contribution in [1.82, 2.24) is 4.90 Å². The highest BCUT2D eigenvalue weighted by Crippen LogP contribution is 2.24. The van der Waals surface area contributed by atoms with Gasteiger partial charge in [0.2, 0.25) is 0 Å². The first-order valence-electron chi connectivity index (χ1n) is 6.60. The minimum Gasteiger partial charge on any atom is -0.327 e. The van der Waals surface area contributed by atoms with E-state index < -0.39 is 0 Å². The predicted molar refractivity (Wildman–Crippen MR) is 75.0 cm³/mol. The number of hydrogen-bond donors (Lipinski definition) is 1. The highest BCUT2D eigenvalue weighted by atomic mass is 32.2. The monoisotopic (exact) mass is 244 g/mol. The second-order valence-electron chi connectivity index (χ2n) is 5.28. The lowest BCUT2D eigenvalue weighted by Crippen LogP contribution is -2.42. The standard InChI is InChI=1S/C13H28N2S/c1-11(8-9-16-3)15(2)10-12-6-4-5-7-13(12)14/h11-13H,4-10,14H2,1-3H3. The molecule has 0 bridgehead atoms. The molecule has 1 aliphatic rings. The molecule has 16 heavy (non-hydrogen) atoms. The molecular weight excluding hydrogens is 216 g/mol. The highest BCUT2D eigenvalue weighted by molar-refractivity contribution is 7.98. The van der Waals surface area contributed by atoms with Gasteiger partial charge in [0.05, 0.1) is 0 Å². The molecule has 0 aromatic rings. The highest BCUT2D eigenvalue weighted by Gasteiger charge is 2.24. The van der Waals surface area contributed by atoms with Crippen LogP contribution >= 0.6 is 11.8 Å². The molecule has 1 fully saturated rings. The third-order valence-electron chi connectivity index (χ3n) is 3.98. The molecule has 1 saturated carbocycles. The van der Waals surface area contributed by atoms with Crippen molar-refractivity contribution < 1.29 is 0 Å². The molecule has 0 radical (unpaired) electrons. The molecule has 96 valence electrons. The maximum absolute atomic E-state index is 6.20. The second kappa shape index (κ2) is 7.57. The van der Waals surface area contributed by atoms with E-state index in [1.54, 1.807) is 0 Å². The Hall–Kier alpha value is 0.270. The Bertz CT molecular complexity index is 187. The van der Waals surface area contributed by atoms with Crippen molar-refractivity contribution in [3.8, 4) is 0 Å². The van der Waals surface area contributed by atoms with Gasteiger partial charge in [-0.3, -0.25) is 0 Å². The Morgan fingerprint density at radius 3 is 2.69 bits per heavy atom. The van der Waals surface area contributed by atoms with Crippen LogP contribution in [0.3, 0.4) is 0 Å². The van der Waals surface area contributed by atoms with Crippen molar-refractivity contribution in [2.45, 2.75) is 51.1 Å². The normalized spacial score (nSPS) is 28.3. The fraction of sp³-hybridized carbons (Fsp3) is 1.00. The van der Waals surface area contributed by atoms with Gasteiger partial charge in [-0.2, -0.15) is 11.8 Å². The van der Waals surface area contributed by atoms with Crippen LogP contribution in [0.4, 0.5) is 0 Å². The summed E-state index contributed by atoms with van der Waals surface area (Å²) in [6.45, 7) is 3.53. The average Bonchev–Trinajstić information content (AvgIpc) is 2.28. The summed E-state index contributed by atoms with van der Waals surface area (Å²) in [7, 11) is 2.26. The van der Waals surface area contributed by atoms with Crippen LogP contribution in [0.5, 0.6) is 0 Å². The Morgan fingerprint density at radius 1 is 1.38 bits per heavy atom. The van der Waals surface area contributed by atoms with E-state index in [1.165, 1.54) is 44.4 Å². The molecule has 3 heteroatoms. The van der Waals surface area contributed by atoms with Crippen molar-refractivity contribution in [3.05, 3.63) is 0 Å². The summed E-state index contributed by atoms with van der Waals surface area (Å²) in [6.07, 6.45) is 8.76. The minimum absolute atomic E-state index is 0.448. The molecule has 0 amide bonds. The number of nitrogens with zero attached hydrogens (tertiary/aromatic N) is 1. The van der Waals surface area contributed by atoms with E-state index in [9.17, 15) is 0 Å². The summed E-state index contributed by atoms with van der Waals surface area (Å²) >= 11 is 1.94. The van der Waals surface area contributed by atoms with Crippen molar-refractivity contribution >= 4 is 11.8 Å². The van der Waals surface area contributed by atoms with E-state index in [-0.39, 0.29) is 0 Å². The zero-order chi connectivity index (χ0) is 12.0. The zero-order valence-electron chi connectivity index (χ0n) is 11.1. The van der Waals surface area contributed by atoms with E-state index in [1.807, 2.05) is 11.8 Å². The zero-order valence-corrected chi connectivity index (χ0v) is 11.9. The summed E-state index contributed by atoms with van der Waals surface area (Å²) in [6, 6.07) is 1.14. The van der Waals surface area contributed by atoms with E-state index >= 15 is 0 Å². The summed E-state index contributed by atoms with van der Waals surface area (Å²) in [4.78, 5) is 2.51. The molecule has 2 N–H and O–H groups in total. The molecule has 1 rings (SSSR count).